The largest absolute Gasteiger partial charge is 0.376 e. The van der Waals surface area contributed by atoms with Crippen molar-refractivity contribution in [3.8, 4) is 0 Å². The third kappa shape index (κ3) is 4.66. The molecule has 180 valence electrons. The van der Waals surface area contributed by atoms with Crippen molar-refractivity contribution in [2.24, 2.45) is 0 Å². The maximum Gasteiger partial charge on any atom is 0.184 e. The number of aliphatic hydroxyl groups is 1. The molecule has 0 aliphatic carbocycles. The second-order valence-electron chi connectivity index (χ2n) is 8.26. The average molecular weight is 465 g/mol. The second-order valence-corrected chi connectivity index (χ2v) is 8.26. The SMILES string of the molecule is COC1[C@@H](OC)[C@H](OC)[C@@H](COC(c2ccccc2)(c2ccccc2)c2ccccc2)O[C@@H]1O. The number of hydrogen-bond donors (Lipinski definition) is 1. The normalized spacial score (nSPS) is 25.2. The molecule has 3 aromatic rings. The van der Waals surface area contributed by atoms with Gasteiger partial charge < -0.3 is 28.8 Å². The lowest BCUT2D eigenvalue weighted by molar-refractivity contribution is -0.304. The lowest BCUT2D eigenvalue weighted by atomic mass is 9.80. The van der Waals surface area contributed by atoms with Gasteiger partial charge in [-0.15, -0.1) is 0 Å². The molecular formula is C28H32O6. The van der Waals surface area contributed by atoms with Crippen molar-refractivity contribution in [3.05, 3.63) is 108 Å². The van der Waals surface area contributed by atoms with Crippen molar-refractivity contribution < 1.29 is 28.8 Å². The topological polar surface area (TPSA) is 66.4 Å². The minimum Gasteiger partial charge on any atom is -0.376 e. The van der Waals surface area contributed by atoms with Crippen LogP contribution in [0.2, 0.25) is 0 Å². The molecule has 0 spiro atoms. The zero-order chi connectivity index (χ0) is 24.0. The first-order valence-corrected chi connectivity index (χ1v) is 11.4. The Bertz CT molecular complexity index is 901. The monoisotopic (exact) mass is 464 g/mol. The molecule has 3 aromatic carbocycles. The third-order valence-electron chi connectivity index (χ3n) is 6.43. The molecule has 0 radical (unpaired) electrons. The minimum atomic E-state index is -1.17. The van der Waals surface area contributed by atoms with E-state index in [0.717, 1.165) is 16.7 Å². The van der Waals surface area contributed by atoms with Gasteiger partial charge in [0.15, 0.2) is 6.29 Å². The van der Waals surface area contributed by atoms with Crippen LogP contribution in [-0.4, -0.2) is 63.7 Å². The molecule has 4 rings (SSSR count). The van der Waals surface area contributed by atoms with Crippen LogP contribution in [-0.2, 0) is 29.3 Å². The molecule has 1 saturated heterocycles. The van der Waals surface area contributed by atoms with E-state index in [1.807, 2.05) is 54.6 Å². The molecule has 34 heavy (non-hydrogen) atoms. The second kappa shape index (κ2) is 11.2. The Labute approximate surface area is 201 Å². The van der Waals surface area contributed by atoms with Crippen LogP contribution in [0, 0.1) is 0 Å². The Kier molecular flexibility index (Phi) is 8.11. The summed E-state index contributed by atoms with van der Waals surface area (Å²) in [7, 11) is 4.68. The van der Waals surface area contributed by atoms with Crippen LogP contribution < -0.4 is 0 Å². The lowest BCUT2D eigenvalue weighted by Crippen LogP contribution is -2.61. The molecule has 1 fully saturated rings. The summed E-state index contributed by atoms with van der Waals surface area (Å²) >= 11 is 0. The minimum absolute atomic E-state index is 0.143. The molecule has 0 aromatic heterocycles. The summed E-state index contributed by atoms with van der Waals surface area (Å²) < 4.78 is 29.6. The predicted octanol–water partition coefficient (Wildman–Crippen LogP) is 3.76. The fraction of sp³-hybridized carbons (Fsp3) is 0.357. The van der Waals surface area contributed by atoms with Crippen LogP contribution in [0.4, 0.5) is 0 Å². The number of methoxy groups -OCH3 is 3. The van der Waals surface area contributed by atoms with Crippen molar-refractivity contribution in [1.82, 2.24) is 0 Å². The van der Waals surface area contributed by atoms with Gasteiger partial charge in [-0.05, 0) is 16.7 Å². The zero-order valence-corrected chi connectivity index (χ0v) is 19.7. The number of ether oxygens (including phenoxy) is 5. The third-order valence-corrected chi connectivity index (χ3v) is 6.43. The first-order chi connectivity index (χ1) is 16.7. The van der Waals surface area contributed by atoms with Crippen LogP contribution in [0.15, 0.2) is 91.0 Å². The van der Waals surface area contributed by atoms with Gasteiger partial charge in [0.1, 0.15) is 30.0 Å². The molecule has 1 unspecified atom stereocenters. The van der Waals surface area contributed by atoms with Crippen molar-refractivity contribution in [2.45, 2.75) is 36.3 Å². The zero-order valence-electron chi connectivity index (χ0n) is 19.7. The summed E-state index contributed by atoms with van der Waals surface area (Å²) in [6, 6.07) is 30.3. The fourth-order valence-corrected chi connectivity index (χ4v) is 4.81. The van der Waals surface area contributed by atoms with Crippen molar-refractivity contribution >= 4 is 0 Å². The Morgan fingerprint density at radius 1 is 0.647 bits per heavy atom. The molecule has 1 aliphatic rings. The summed E-state index contributed by atoms with van der Waals surface area (Å²) in [6.07, 6.45) is -3.46. The highest BCUT2D eigenvalue weighted by molar-refractivity contribution is 5.47. The maximum atomic E-state index is 10.6. The Morgan fingerprint density at radius 3 is 1.44 bits per heavy atom. The molecule has 6 nitrogen and oxygen atoms in total. The van der Waals surface area contributed by atoms with Crippen molar-refractivity contribution in [3.63, 3.8) is 0 Å². The van der Waals surface area contributed by atoms with Gasteiger partial charge in [-0.3, -0.25) is 0 Å². The molecule has 1 aliphatic heterocycles. The van der Waals surface area contributed by atoms with E-state index in [4.69, 9.17) is 23.7 Å². The number of benzene rings is 3. The van der Waals surface area contributed by atoms with Gasteiger partial charge >= 0.3 is 0 Å². The molecule has 1 N–H and O–H groups in total. The van der Waals surface area contributed by atoms with E-state index in [1.165, 1.54) is 7.11 Å². The number of rotatable bonds is 9. The van der Waals surface area contributed by atoms with Gasteiger partial charge in [-0.25, -0.2) is 0 Å². The summed E-state index contributed by atoms with van der Waals surface area (Å²) in [5.41, 5.74) is 2.04. The molecule has 0 saturated carbocycles. The standard InChI is InChI=1S/C28H32O6/c1-30-24-23(34-27(29)26(32-3)25(24)31-2)19-33-28(20-13-7-4-8-14-20,21-15-9-5-10-16-21)22-17-11-6-12-18-22/h4-18,23-27,29H,19H2,1-3H3/t23-,24-,25+,26?,27+/m1/s1. The predicted molar refractivity (Wildman–Crippen MR) is 128 cm³/mol. The summed E-state index contributed by atoms with van der Waals surface area (Å²) in [6.45, 7) is 0.143. The van der Waals surface area contributed by atoms with Gasteiger partial charge in [0.05, 0.1) is 6.61 Å². The van der Waals surface area contributed by atoms with E-state index in [9.17, 15) is 5.11 Å². The molecule has 0 amide bonds. The highest BCUT2D eigenvalue weighted by Crippen LogP contribution is 2.41. The van der Waals surface area contributed by atoms with E-state index < -0.39 is 36.3 Å². The van der Waals surface area contributed by atoms with E-state index in [1.54, 1.807) is 14.2 Å². The highest BCUT2D eigenvalue weighted by Gasteiger charge is 2.48. The quantitative estimate of drug-likeness (QED) is 0.487. The first-order valence-electron chi connectivity index (χ1n) is 11.4. The van der Waals surface area contributed by atoms with Crippen molar-refractivity contribution in [2.75, 3.05) is 27.9 Å². The summed E-state index contributed by atoms with van der Waals surface area (Å²) in [5, 5.41) is 10.6. The van der Waals surface area contributed by atoms with Gasteiger partial charge in [0.2, 0.25) is 0 Å². The van der Waals surface area contributed by atoms with Crippen LogP contribution in [0.1, 0.15) is 16.7 Å². The van der Waals surface area contributed by atoms with E-state index in [0.29, 0.717) is 0 Å². The van der Waals surface area contributed by atoms with E-state index in [-0.39, 0.29) is 6.61 Å². The maximum absolute atomic E-state index is 10.6. The lowest BCUT2D eigenvalue weighted by Gasteiger charge is -2.44. The van der Waals surface area contributed by atoms with Crippen LogP contribution in [0.25, 0.3) is 0 Å². The van der Waals surface area contributed by atoms with Crippen LogP contribution in [0.3, 0.4) is 0 Å². The van der Waals surface area contributed by atoms with E-state index in [2.05, 4.69) is 36.4 Å². The molecular weight excluding hydrogens is 432 g/mol. The molecule has 0 bridgehead atoms. The first kappa shape index (κ1) is 24.5. The smallest absolute Gasteiger partial charge is 0.184 e. The summed E-state index contributed by atoms with van der Waals surface area (Å²) in [5.74, 6) is 0. The fourth-order valence-electron chi connectivity index (χ4n) is 4.81. The molecule has 1 heterocycles. The Balaban J connectivity index is 1.76. The Hall–Kier alpha value is -2.58. The van der Waals surface area contributed by atoms with Crippen LogP contribution in [0.5, 0.6) is 0 Å². The highest BCUT2D eigenvalue weighted by atomic mass is 16.7. The summed E-state index contributed by atoms with van der Waals surface area (Å²) in [4.78, 5) is 0. The van der Waals surface area contributed by atoms with Gasteiger partial charge in [-0.2, -0.15) is 0 Å². The van der Waals surface area contributed by atoms with Crippen LogP contribution >= 0.6 is 0 Å². The van der Waals surface area contributed by atoms with Gasteiger partial charge in [-0.1, -0.05) is 91.0 Å². The van der Waals surface area contributed by atoms with E-state index >= 15 is 0 Å². The molecule has 6 heteroatoms. The van der Waals surface area contributed by atoms with Gasteiger partial charge in [0.25, 0.3) is 0 Å². The average Bonchev–Trinajstić information content (AvgIpc) is 2.90. The molecule has 5 atom stereocenters. The number of hydrogen-bond acceptors (Lipinski definition) is 6. The Morgan fingerprint density at radius 2 is 1.06 bits per heavy atom. The van der Waals surface area contributed by atoms with Crippen molar-refractivity contribution in [1.29, 1.82) is 0 Å². The van der Waals surface area contributed by atoms with Gasteiger partial charge in [0, 0.05) is 21.3 Å². The number of aliphatic hydroxyl groups excluding tert-OH is 1.